The highest BCUT2D eigenvalue weighted by molar-refractivity contribution is 5.70. The average molecular weight is 285 g/mol. The van der Waals surface area contributed by atoms with E-state index in [2.05, 4.69) is 5.32 Å². The highest BCUT2D eigenvalue weighted by atomic mass is 16.5. The molecular weight excluding hydrogens is 266 g/mol. The van der Waals surface area contributed by atoms with Crippen LogP contribution in [0.15, 0.2) is 48.5 Å². The summed E-state index contributed by atoms with van der Waals surface area (Å²) < 4.78 is 10.5. The van der Waals surface area contributed by atoms with Crippen molar-refractivity contribution >= 4 is 6.09 Å². The first-order chi connectivity index (χ1) is 10.2. The van der Waals surface area contributed by atoms with Gasteiger partial charge in [0.1, 0.15) is 12.4 Å². The van der Waals surface area contributed by atoms with E-state index >= 15 is 0 Å². The van der Waals surface area contributed by atoms with Crippen LogP contribution in [0.25, 0.3) is 11.1 Å². The molecule has 0 saturated carbocycles. The van der Waals surface area contributed by atoms with E-state index in [0.717, 1.165) is 22.4 Å². The van der Waals surface area contributed by atoms with Crippen molar-refractivity contribution in [2.45, 2.75) is 13.5 Å². The Morgan fingerprint density at radius 2 is 1.95 bits per heavy atom. The van der Waals surface area contributed by atoms with E-state index in [4.69, 9.17) is 9.47 Å². The molecule has 0 atom stereocenters. The van der Waals surface area contributed by atoms with Gasteiger partial charge in [0.25, 0.3) is 0 Å². The van der Waals surface area contributed by atoms with Gasteiger partial charge in [-0.15, -0.1) is 0 Å². The molecule has 0 aliphatic carbocycles. The zero-order valence-electron chi connectivity index (χ0n) is 12.3. The minimum atomic E-state index is -0.405. The van der Waals surface area contributed by atoms with E-state index in [1.54, 1.807) is 7.11 Å². The van der Waals surface area contributed by atoms with Crippen LogP contribution in [-0.2, 0) is 11.3 Å². The molecule has 0 aliphatic rings. The van der Waals surface area contributed by atoms with E-state index < -0.39 is 6.09 Å². The van der Waals surface area contributed by atoms with E-state index in [1.807, 2.05) is 55.5 Å². The fourth-order valence-electron chi connectivity index (χ4n) is 2.06. The molecular formula is C17H19NO3. The summed E-state index contributed by atoms with van der Waals surface area (Å²) >= 11 is 0. The highest BCUT2D eigenvalue weighted by Gasteiger charge is 2.08. The van der Waals surface area contributed by atoms with Crippen LogP contribution in [0.3, 0.4) is 0 Å². The summed E-state index contributed by atoms with van der Waals surface area (Å²) in [5.74, 6) is 0.798. The molecule has 1 N–H and O–H groups in total. The van der Waals surface area contributed by atoms with Gasteiger partial charge in [-0.1, -0.05) is 36.4 Å². The Labute approximate surface area is 124 Å². The van der Waals surface area contributed by atoms with Gasteiger partial charge in [0.05, 0.1) is 7.11 Å². The number of ether oxygens (including phenoxy) is 2. The lowest BCUT2D eigenvalue weighted by Gasteiger charge is -2.11. The molecule has 4 nitrogen and oxygen atoms in total. The standard InChI is InChI=1S/C17H19NO3/c1-3-18-17(19)21-12-14-7-4-5-10-16(14)13-8-6-9-15(11-13)20-2/h4-11H,3,12H2,1-2H3,(H,18,19). The van der Waals surface area contributed by atoms with Gasteiger partial charge in [-0.3, -0.25) is 0 Å². The Morgan fingerprint density at radius 1 is 1.14 bits per heavy atom. The molecule has 0 bridgehead atoms. The Bertz CT molecular complexity index is 610. The second-order valence-corrected chi connectivity index (χ2v) is 4.50. The molecule has 0 aromatic heterocycles. The van der Waals surface area contributed by atoms with Crippen molar-refractivity contribution < 1.29 is 14.3 Å². The van der Waals surface area contributed by atoms with E-state index in [0.29, 0.717) is 6.54 Å². The molecule has 0 heterocycles. The molecule has 0 spiro atoms. The number of rotatable bonds is 5. The summed E-state index contributed by atoms with van der Waals surface area (Å²) in [5, 5.41) is 2.61. The van der Waals surface area contributed by atoms with Gasteiger partial charge in [-0.25, -0.2) is 4.79 Å². The molecule has 2 rings (SSSR count). The molecule has 21 heavy (non-hydrogen) atoms. The van der Waals surface area contributed by atoms with Gasteiger partial charge < -0.3 is 14.8 Å². The predicted octanol–water partition coefficient (Wildman–Crippen LogP) is 3.61. The summed E-state index contributed by atoms with van der Waals surface area (Å²) in [7, 11) is 1.64. The second kappa shape index (κ2) is 7.33. The molecule has 0 fully saturated rings. The fourth-order valence-corrected chi connectivity index (χ4v) is 2.06. The first-order valence-corrected chi connectivity index (χ1v) is 6.87. The number of carbonyl (C=O) groups excluding carboxylic acids is 1. The third-order valence-corrected chi connectivity index (χ3v) is 3.08. The van der Waals surface area contributed by atoms with Crippen LogP contribution in [-0.4, -0.2) is 19.7 Å². The number of hydrogen-bond donors (Lipinski definition) is 1. The summed E-state index contributed by atoms with van der Waals surface area (Å²) in [5.41, 5.74) is 3.02. The number of amides is 1. The van der Waals surface area contributed by atoms with Crippen LogP contribution in [0.4, 0.5) is 4.79 Å². The van der Waals surface area contributed by atoms with Crippen LogP contribution in [0.1, 0.15) is 12.5 Å². The maximum atomic E-state index is 11.4. The Kier molecular flexibility index (Phi) is 5.21. The predicted molar refractivity (Wildman–Crippen MR) is 82.3 cm³/mol. The zero-order chi connectivity index (χ0) is 15.1. The largest absolute Gasteiger partial charge is 0.497 e. The SMILES string of the molecule is CCNC(=O)OCc1ccccc1-c1cccc(OC)c1. The monoisotopic (exact) mass is 285 g/mol. The maximum Gasteiger partial charge on any atom is 0.407 e. The molecule has 2 aromatic carbocycles. The number of carbonyl (C=O) groups is 1. The molecule has 110 valence electrons. The van der Waals surface area contributed by atoms with Gasteiger partial charge in [0.15, 0.2) is 0 Å². The third kappa shape index (κ3) is 3.99. The molecule has 2 aromatic rings. The van der Waals surface area contributed by atoms with Crippen LogP contribution >= 0.6 is 0 Å². The van der Waals surface area contributed by atoms with Crippen LogP contribution in [0.2, 0.25) is 0 Å². The van der Waals surface area contributed by atoms with Crippen molar-refractivity contribution in [3.63, 3.8) is 0 Å². The highest BCUT2D eigenvalue weighted by Crippen LogP contribution is 2.27. The minimum Gasteiger partial charge on any atom is -0.497 e. The Balaban J connectivity index is 2.21. The molecule has 0 radical (unpaired) electrons. The van der Waals surface area contributed by atoms with Gasteiger partial charge >= 0.3 is 6.09 Å². The summed E-state index contributed by atoms with van der Waals surface area (Å²) in [6.07, 6.45) is -0.405. The normalized spacial score (nSPS) is 10.0. The van der Waals surface area contributed by atoms with Gasteiger partial charge in [0.2, 0.25) is 0 Å². The number of methoxy groups -OCH3 is 1. The van der Waals surface area contributed by atoms with Crippen molar-refractivity contribution in [2.75, 3.05) is 13.7 Å². The third-order valence-electron chi connectivity index (χ3n) is 3.08. The van der Waals surface area contributed by atoms with Crippen molar-refractivity contribution in [3.05, 3.63) is 54.1 Å². The maximum absolute atomic E-state index is 11.4. The number of alkyl carbamates (subject to hydrolysis) is 1. The lowest BCUT2D eigenvalue weighted by Crippen LogP contribution is -2.23. The number of nitrogens with one attached hydrogen (secondary N) is 1. The van der Waals surface area contributed by atoms with Gasteiger partial charge in [0, 0.05) is 6.54 Å². The van der Waals surface area contributed by atoms with E-state index in [1.165, 1.54) is 0 Å². The van der Waals surface area contributed by atoms with Crippen molar-refractivity contribution in [3.8, 4) is 16.9 Å². The lowest BCUT2D eigenvalue weighted by atomic mass is 10.00. The summed E-state index contributed by atoms with van der Waals surface area (Å²) in [4.78, 5) is 11.4. The lowest BCUT2D eigenvalue weighted by molar-refractivity contribution is 0.140. The molecule has 0 aliphatic heterocycles. The van der Waals surface area contributed by atoms with Gasteiger partial charge in [-0.2, -0.15) is 0 Å². The smallest absolute Gasteiger partial charge is 0.407 e. The Hall–Kier alpha value is -2.49. The van der Waals surface area contributed by atoms with Crippen LogP contribution in [0.5, 0.6) is 5.75 Å². The first kappa shape index (κ1) is 14.9. The molecule has 0 unspecified atom stereocenters. The number of hydrogen-bond acceptors (Lipinski definition) is 3. The number of benzene rings is 2. The van der Waals surface area contributed by atoms with Crippen molar-refractivity contribution in [1.82, 2.24) is 5.32 Å². The first-order valence-electron chi connectivity index (χ1n) is 6.87. The van der Waals surface area contributed by atoms with Crippen molar-refractivity contribution in [2.24, 2.45) is 0 Å². The molecule has 1 amide bonds. The molecule has 0 saturated heterocycles. The van der Waals surface area contributed by atoms with E-state index in [9.17, 15) is 4.79 Å². The molecule has 4 heteroatoms. The van der Waals surface area contributed by atoms with Gasteiger partial charge in [-0.05, 0) is 35.7 Å². The average Bonchev–Trinajstić information content (AvgIpc) is 2.53. The van der Waals surface area contributed by atoms with Crippen LogP contribution in [0, 0.1) is 0 Å². The fraction of sp³-hybridized carbons (Fsp3) is 0.235. The van der Waals surface area contributed by atoms with E-state index in [-0.39, 0.29) is 6.61 Å². The van der Waals surface area contributed by atoms with Crippen molar-refractivity contribution in [1.29, 1.82) is 0 Å². The topological polar surface area (TPSA) is 47.6 Å². The zero-order valence-corrected chi connectivity index (χ0v) is 12.3. The minimum absolute atomic E-state index is 0.235. The Morgan fingerprint density at radius 3 is 2.71 bits per heavy atom. The quantitative estimate of drug-likeness (QED) is 0.913. The summed E-state index contributed by atoms with van der Waals surface area (Å²) in [6.45, 7) is 2.64. The summed E-state index contributed by atoms with van der Waals surface area (Å²) in [6, 6.07) is 15.7. The van der Waals surface area contributed by atoms with Crippen LogP contribution < -0.4 is 10.1 Å². The second-order valence-electron chi connectivity index (χ2n) is 4.50.